The smallest absolute Gasteiger partial charge is 0.310 e. The summed E-state index contributed by atoms with van der Waals surface area (Å²) in [7, 11) is 3.63. The van der Waals surface area contributed by atoms with Crippen LogP contribution in [0, 0.1) is 11.8 Å². The predicted molar refractivity (Wildman–Crippen MR) is 139 cm³/mol. The summed E-state index contributed by atoms with van der Waals surface area (Å²) in [5, 5.41) is 9.15. The van der Waals surface area contributed by atoms with Crippen LogP contribution in [0.15, 0.2) is 11.0 Å². The van der Waals surface area contributed by atoms with Gasteiger partial charge in [0, 0.05) is 25.8 Å². The number of Topliss-reactive ketones (excluding diaryl/α,β-unsaturated/α-hetero) is 1. The summed E-state index contributed by atoms with van der Waals surface area (Å²) in [5.41, 5.74) is 4.03. The molecule has 0 saturated carbocycles. The zero-order valence-electron chi connectivity index (χ0n) is 22.1. The molecule has 3 aliphatic rings. The Morgan fingerprint density at radius 1 is 1.31 bits per heavy atom. The van der Waals surface area contributed by atoms with E-state index < -0.39 is 18.1 Å². The Labute approximate surface area is 218 Å². The van der Waals surface area contributed by atoms with Crippen molar-refractivity contribution in [3.05, 3.63) is 11.0 Å². The van der Waals surface area contributed by atoms with Gasteiger partial charge in [-0.2, -0.15) is 0 Å². The van der Waals surface area contributed by atoms with Crippen molar-refractivity contribution in [3.8, 4) is 0 Å². The number of carbonyl (C=O) groups excluding carboxylic acids is 4. The molecule has 2 saturated heterocycles. The van der Waals surface area contributed by atoms with Crippen LogP contribution in [0.2, 0.25) is 0 Å². The molecule has 2 amide bonds. The number of carbonyl (C=O) groups is 4. The van der Waals surface area contributed by atoms with Gasteiger partial charge in [-0.3, -0.25) is 29.5 Å². The third kappa shape index (κ3) is 8.29. The third-order valence-electron chi connectivity index (χ3n) is 6.82. The van der Waals surface area contributed by atoms with E-state index in [1.165, 1.54) is 11.4 Å². The lowest BCUT2D eigenvalue weighted by Crippen LogP contribution is -2.70. The minimum atomic E-state index is -0.709. The number of methoxy groups -OCH3 is 1. The van der Waals surface area contributed by atoms with E-state index in [1.54, 1.807) is 25.8 Å². The normalized spacial score (nSPS) is 26.1. The lowest BCUT2D eigenvalue weighted by Gasteiger charge is -2.48. The molecule has 10 nitrogen and oxygen atoms in total. The number of nitrogens with zero attached hydrogens (tertiary/aromatic N) is 1. The van der Waals surface area contributed by atoms with Gasteiger partial charge in [0.15, 0.2) is 12.4 Å². The molecule has 0 aliphatic carbocycles. The number of hydrogen-bond acceptors (Lipinski definition) is 9. The van der Waals surface area contributed by atoms with Crippen LogP contribution in [0.1, 0.15) is 59.3 Å². The molecule has 3 N–H and O–H groups in total. The minimum Gasteiger partial charge on any atom is -0.457 e. The standard InChI is InChI=1S/C19H27N3O5S.C6H15NO/c1-3-15(24)22-18-13(4-6-20-22)11(2)17(21-19(18)26)14(23)9-27-16(25)8-12-5-7-28-10-12;1-4-5-6(7-2)8-3/h10-11,13,17-18,20H,3-9H2,1-2H3,(H,21,26);6-7H,4-5H2,1-3H3. The Kier molecular flexibility index (Phi) is 12.9. The van der Waals surface area contributed by atoms with Gasteiger partial charge in [-0.25, -0.2) is 5.43 Å². The van der Waals surface area contributed by atoms with Crippen LogP contribution < -0.4 is 16.1 Å². The predicted octanol–water partition coefficient (Wildman–Crippen LogP) is 1.75. The average molecular weight is 527 g/mol. The van der Waals surface area contributed by atoms with Gasteiger partial charge in [0.2, 0.25) is 11.8 Å². The van der Waals surface area contributed by atoms with Crippen LogP contribution in [0.5, 0.6) is 0 Å². The second kappa shape index (κ2) is 15.3. The molecule has 36 heavy (non-hydrogen) atoms. The topological polar surface area (TPSA) is 126 Å². The number of piperidine rings is 1. The number of hydrazine groups is 1. The second-order valence-electron chi connectivity index (χ2n) is 9.27. The Balaban J connectivity index is 0.000000493. The van der Waals surface area contributed by atoms with E-state index in [1.807, 2.05) is 19.4 Å². The van der Waals surface area contributed by atoms with Gasteiger partial charge in [0.25, 0.3) is 0 Å². The molecular formula is C25H42N4O6S. The van der Waals surface area contributed by atoms with Gasteiger partial charge in [-0.1, -0.05) is 32.8 Å². The van der Waals surface area contributed by atoms with Gasteiger partial charge >= 0.3 is 5.97 Å². The lowest BCUT2D eigenvalue weighted by atomic mass is 9.74. The second-order valence-corrected chi connectivity index (χ2v) is 10.2. The van der Waals surface area contributed by atoms with E-state index in [0.717, 1.165) is 24.2 Å². The van der Waals surface area contributed by atoms with E-state index in [-0.39, 0.29) is 48.7 Å². The number of thioether (sulfide) groups is 1. The fraction of sp³-hybridized carbons (Fsp3) is 0.760. The van der Waals surface area contributed by atoms with E-state index in [9.17, 15) is 19.2 Å². The maximum absolute atomic E-state index is 12.7. The highest BCUT2D eigenvalue weighted by Gasteiger charge is 2.49. The maximum Gasteiger partial charge on any atom is 0.310 e. The molecule has 0 spiro atoms. The van der Waals surface area contributed by atoms with Crippen LogP contribution in [-0.2, 0) is 28.7 Å². The quantitative estimate of drug-likeness (QED) is 0.288. The highest BCUT2D eigenvalue weighted by Crippen LogP contribution is 2.33. The average Bonchev–Trinajstić information content (AvgIpc) is 3.40. The van der Waals surface area contributed by atoms with Crippen molar-refractivity contribution in [2.24, 2.45) is 11.8 Å². The monoisotopic (exact) mass is 526 g/mol. The molecule has 0 bridgehead atoms. The van der Waals surface area contributed by atoms with Crippen LogP contribution in [0.25, 0.3) is 0 Å². The third-order valence-corrected chi connectivity index (χ3v) is 7.76. The molecule has 0 aromatic carbocycles. The van der Waals surface area contributed by atoms with Crippen molar-refractivity contribution in [1.29, 1.82) is 0 Å². The van der Waals surface area contributed by atoms with Crippen molar-refractivity contribution < 1.29 is 28.7 Å². The van der Waals surface area contributed by atoms with Crippen LogP contribution >= 0.6 is 11.8 Å². The molecule has 5 unspecified atom stereocenters. The number of hydrogen-bond donors (Lipinski definition) is 3. The number of rotatable bonds is 10. The maximum atomic E-state index is 12.7. The molecule has 0 radical (unpaired) electrons. The first kappa shape index (κ1) is 30.3. The summed E-state index contributed by atoms with van der Waals surface area (Å²) in [6.45, 7) is 6.03. The highest BCUT2D eigenvalue weighted by atomic mass is 32.2. The molecule has 2 fully saturated rings. The van der Waals surface area contributed by atoms with E-state index in [2.05, 4.69) is 23.0 Å². The van der Waals surface area contributed by atoms with Gasteiger partial charge in [0.05, 0.1) is 12.5 Å². The summed E-state index contributed by atoms with van der Waals surface area (Å²) in [4.78, 5) is 49.4. The first-order valence-electron chi connectivity index (χ1n) is 12.8. The van der Waals surface area contributed by atoms with E-state index >= 15 is 0 Å². The molecule has 3 heterocycles. The van der Waals surface area contributed by atoms with Crippen molar-refractivity contribution in [1.82, 2.24) is 21.1 Å². The summed E-state index contributed by atoms with van der Waals surface area (Å²) < 4.78 is 10.2. The van der Waals surface area contributed by atoms with Crippen LogP contribution in [0.4, 0.5) is 0 Å². The first-order valence-corrected chi connectivity index (χ1v) is 13.9. The molecule has 5 atom stereocenters. The van der Waals surface area contributed by atoms with Gasteiger partial charge in [0.1, 0.15) is 12.3 Å². The Bertz CT molecular complexity index is 803. The van der Waals surface area contributed by atoms with Crippen LogP contribution in [0.3, 0.4) is 0 Å². The van der Waals surface area contributed by atoms with E-state index in [0.29, 0.717) is 19.4 Å². The largest absolute Gasteiger partial charge is 0.457 e. The molecular weight excluding hydrogens is 484 g/mol. The number of ketones is 1. The van der Waals surface area contributed by atoms with Crippen molar-refractivity contribution in [2.45, 2.75) is 77.6 Å². The van der Waals surface area contributed by atoms with Gasteiger partial charge in [-0.15, -0.1) is 11.8 Å². The number of fused-ring (bicyclic) bond motifs is 1. The summed E-state index contributed by atoms with van der Waals surface area (Å²) in [6, 6.07) is -1.32. The molecule has 3 aliphatic heterocycles. The van der Waals surface area contributed by atoms with Gasteiger partial charge < -0.3 is 14.8 Å². The minimum absolute atomic E-state index is 0.115. The Hall–Kier alpha value is -1.95. The fourth-order valence-corrected chi connectivity index (χ4v) is 5.68. The van der Waals surface area contributed by atoms with Crippen molar-refractivity contribution in [3.63, 3.8) is 0 Å². The van der Waals surface area contributed by atoms with Crippen LogP contribution in [-0.4, -0.2) is 79.9 Å². The molecule has 0 aromatic heterocycles. The summed E-state index contributed by atoms with van der Waals surface area (Å²) >= 11 is 1.67. The molecule has 3 rings (SSSR count). The van der Waals surface area contributed by atoms with Gasteiger partial charge in [-0.05, 0) is 43.6 Å². The van der Waals surface area contributed by atoms with Crippen molar-refractivity contribution >= 4 is 35.3 Å². The van der Waals surface area contributed by atoms with Crippen molar-refractivity contribution in [2.75, 3.05) is 33.1 Å². The number of amides is 2. The lowest BCUT2D eigenvalue weighted by molar-refractivity contribution is -0.158. The summed E-state index contributed by atoms with van der Waals surface area (Å²) in [5.74, 6) is -0.508. The molecule has 204 valence electrons. The zero-order chi connectivity index (χ0) is 26.7. The first-order chi connectivity index (χ1) is 17.3. The number of ether oxygens (including phenoxy) is 2. The molecule has 11 heteroatoms. The zero-order valence-corrected chi connectivity index (χ0v) is 22.9. The SMILES string of the molecule is CCC(=O)N1NCCC2C(C)C(C(=O)COC(=O)CC3=CSCC3)NC(=O)C21.CCCC(NC)OC. The Morgan fingerprint density at radius 3 is 2.61 bits per heavy atom. The Morgan fingerprint density at radius 2 is 2.06 bits per heavy atom. The fourth-order valence-electron chi connectivity index (χ4n) is 4.74. The van der Waals surface area contributed by atoms with E-state index in [4.69, 9.17) is 9.47 Å². The summed E-state index contributed by atoms with van der Waals surface area (Å²) in [6.07, 6.45) is 4.57. The molecule has 0 aromatic rings. The highest BCUT2D eigenvalue weighted by molar-refractivity contribution is 8.02. The number of esters is 1. The number of nitrogens with one attached hydrogen (secondary N) is 3.